The summed E-state index contributed by atoms with van der Waals surface area (Å²) in [5.41, 5.74) is 5.40. The maximum atomic E-state index is 5.40. The van der Waals surface area contributed by atoms with E-state index in [0.717, 1.165) is 4.91 Å². The first-order chi connectivity index (χ1) is 5.77. The molecule has 1 aromatic heterocycles. The number of anilines is 1. The fraction of sp³-hybridized carbons (Fsp3) is 0. The molecule has 1 aliphatic heterocycles. The smallest absolute Gasteiger partial charge is 0.216 e. The summed E-state index contributed by atoms with van der Waals surface area (Å²) in [5.74, 6) is 1.01. The Balaban J connectivity index is 2.33. The minimum Gasteiger partial charge on any atom is -0.368 e. The van der Waals surface area contributed by atoms with E-state index < -0.39 is 10.9 Å². The second-order valence-corrected chi connectivity index (χ2v) is 4.13. The lowest BCUT2D eigenvalue weighted by Crippen LogP contribution is -1.86. The average Bonchev–Trinajstić information content (AvgIpc) is 2.58. The van der Waals surface area contributed by atoms with Crippen molar-refractivity contribution in [1.29, 1.82) is 0 Å². The van der Waals surface area contributed by atoms with Crippen LogP contribution in [0.4, 0.5) is 5.95 Å². The molecule has 3 N–H and O–H groups in total. The number of nitrogens with one attached hydrogen (secondary N) is 1. The van der Waals surface area contributed by atoms with Crippen molar-refractivity contribution < 1.29 is 0 Å². The minimum atomic E-state index is -0.461. The van der Waals surface area contributed by atoms with Crippen LogP contribution in [0.3, 0.4) is 0 Å². The summed E-state index contributed by atoms with van der Waals surface area (Å²) in [4.78, 5) is 5.09. The molecule has 0 fully saturated rings. The van der Waals surface area contributed by atoms with E-state index in [1.807, 2.05) is 12.2 Å². The SMILES string of the molecule is [CH2][SH]1C=CC=C1c1n[nH]c(N)n1. The molecule has 2 heterocycles. The molecule has 1 unspecified atom stereocenters. The van der Waals surface area contributed by atoms with Crippen LogP contribution in [0.15, 0.2) is 17.6 Å². The predicted octanol–water partition coefficient (Wildman–Crippen LogP) is 1.05. The largest absolute Gasteiger partial charge is 0.368 e. The summed E-state index contributed by atoms with van der Waals surface area (Å²) in [6.45, 7) is 0. The van der Waals surface area contributed by atoms with Crippen LogP contribution in [-0.4, -0.2) is 15.2 Å². The summed E-state index contributed by atoms with van der Waals surface area (Å²) < 4.78 is 0. The van der Waals surface area contributed by atoms with Crippen molar-refractivity contribution in [2.45, 2.75) is 0 Å². The number of thiol groups is 1. The predicted molar refractivity (Wildman–Crippen MR) is 52.3 cm³/mol. The first-order valence-electron chi connectivity index (χ1n) is 3.44. The van der Waals surface area contributed by atoms with Crippen LogP contribution in [-0.2, 0) is 0 Å². The van der Waals surface area contributed by atoms with E-state index in [0.29, 0.717) is 11.8 Å². The van der Waals surface area contributed by atoms with E-state index >= 15 is 0 Å². The number of aromatic nitrogens is 3. The van der Waals surface area contributed by atoms with Gasteiger partial charge in [-0.05, 0) is 17.7 Å². The van der Waals surface area contributed by atoms with Gasteiger partial charge in [0.15, 0.2) is 5.82 Å². The maximum absolute atomic E-state index is 5.40. The van der Waals surface area contributed by atoms with Crippen molar-refractivity contribution >= 4 is 21.7 Å². The van der Waals surface area contributed by atoms with Gasteiger partial charge in [-0.2, -0.15) is 10.1 Å². The molecule has 12 heavy (non-hydrogen) atoms. The molecule has 0 saturated carbocycles. The molecule has 5 heteroatoms. The highest BCUT2D eigenvalue weighted by atomic mass is 32.2. The molecule has 63 valence electrons. The van der Waals surface area contributed by atoms with E-state index in [-0.39, 0.29) is 0 Å². The van der Waals surface area contributed by atoms with Gasteiger partial charge < -0.3 is 5.73 Å². The molecule has 0 bridgehead atoms. The number of hydrogen-bond donors (Lipinski definition) is 3. The van der Waals surface area contributed by atoms with E-state index in [9.17, 15) is 0 Å². The Morgan fingerprint density at radius 3 is 2.92 bits per heavy atom. The fourth-order valence-corrected chi connectivity index (χ4v) is 2.09. The van der Waals surface area contributed by atoms with Gasteiger partial charge in [-0.1, -0.05) is 6.08 Å². The van der Waals surface area contributed by atoms with Crippen molar-refractivity contribution in [3.05, 3.63) is 29.6 Å². The van der Waals surface area contributed by atoms with Gasteiger partial charge in [0.2, 0.25) is 5.95 Å². The summed E-state index contributed by atoms with van der Waals surface area (Å²) in [5, 5.41) is 8.60. The van der Waals surface area contributed by atoms with E-state index in [1.165, 1.54) is 0 Å². The number of aromatic amines is 1. The number of allylic oxidation sites excluding steroid dienone is 2. The summed E-state index contributed by atoms with van der Waals surface area (Å²) >= 11 is 0. The van der Waals surface area contributed by atoms with Gasteiger partial charge in [-0.25, -0.2) is 16.0 Å². The molecule has 2 rings (SSSR count). The Morgan fingerprint density at radius 1 is 1.58 bits per heavy atom. The average molecular weight is 181 g/mol. The van der Waals surface area contributed by atoms with Crippen molar-refractivity contribution in [3.63, 3.8) is 0 Å². The molecule has 0 spiro atoms. The third-order valence-corrected chi connectivity index (χ3v) is 3.06. The van der Waals surface area contributed by atoms with Crippen LogP contribution in [0, 0.1) is 6.26 Å². The molecular formula is C7H9N4S. The lowest BCUT2D eigenvalue weighted by Gasteiger charge is -2.06. The summed E-state index contributed by atoms with van der Waals surface area (Å²) in [7, 11) is -0.461. The van der Waals surface area contributed by atoms with Crippen LogP contribution >= 0.6 is 10.9 Å². The zero-order valence-electron chi connectivity index (χ0n) is 6.36. The number of nitrogens with zero attached hydrogens (tertiary/aromatic N) is 2. The minimum absolute atomic E-state index is 0.348. The lowest BCUT2D eigenvalue weighted by molar-refractivity contribution is 1.08. The van der Waals surface area contributed by atoms with Gasteiger partial charge in [-0.3, -0.25) is 0 Å². The molecule has 0 aromatic carbocycles. The van der Waals surface area contributed by atoms with Crippen LogP contribution in [0.2, 0.25) is 0 Å². The van der Waals surface area contributed by atoms with Crippen molar-refractivity contribution in [1.82, 2.24) is 15.2 Å². The van der Waals surface area contributed by atoms with Crippen LogP contribution < -0.4 is 5.73 Å². The number of H-pyrrole nitrogens is 1. The second-order valence-electron chi connectivity index (χ2n) is 2.41. The van der Waals surface area contributed by atoms with Crippen LogP contribution in [0.25, 0.3) is 4.91 Å². The Labute approximate surface area is 72.9 Å². The number of rotatable bonds is 1. The highest BCUT2D eigenvalue weighted by Gasteiger charge is 2.12. The van der Waals surface area contributed by atoms with Gasteiger partial charge in [0.1, 0.15) is 0 Å². The fourth-order valence-electron chi connectivity index (χ4n) is 1.01. The molecule has 0 aliphatic carbocycles. The van der Waals surface area contributed by atoms with E-state index in [4.69, 9.17) is 5.73 Å². The van der Waals surface area contributed by atoms with E-state index in [1.54, 1.807) is 0 Å². The van der Waals surface area contributed by atoms with Crippen molar-refractivity contribution in [3.8, 4) is 0 Å². The molecular weight excluding hydrogens is 172 g/mol. The lowest BCUT2D eigenvalue weighted by atomic mass is 10.5. The second kappa shape index (κ2) is 2.67. The maximum Gasteiger partial charge on any atom is 0.216 e. The first kappa shape index (κ1) is 7.42. The summed E-state index contributed by atoms with van der Waals surface area (Å²) in [6, 6.07) is 0. The van der Waals surface area contributed by atoms with Crippen LogP contribution in [0.1, 0.15) is 5.82 Å². The zero-order chi connectivity index (χ0) is 8.55. The topological polar surface area (TPSA) is 67.6 Å². The third-order valence-electron chi connectivity index (χ3n) is 1.56. The Hall–Kier alpha value is -1.23. The standard InChI is InChI=1S/C7H9N4S/c1-12-4-2-3-5(12)6-9-7(8)11-10-6/h2-4,12H,1H2,(H3,8,9,10,11). The van der Waals surface area contributed by atoms with Gasteiger partial charge in [-0.15, -0.1) is 0 Å². The number of nitrogens with two attached hydrogens (primary N) is 1. The quantitative estimate of drug-likeness (QED) is 0.567. The zero-order valence-corrected chi connectivity index (χ0v) is 7.25. The molecule has 0 saturated heterocycles. The van der Waals surface area contributed by atoms with Crippen LogP contribution in [0.5, 0.6) is 0 Å². The van der Waals surface area contributed by atoms with Gasteiger partial charge in [0, 0.05) is 4.91 Å². The van der Waals surface area contributed by atoms with Gasteiger partial charge in [0.05, 0.1) is 0 Å². The molecule has 0 amide bonds. The summed E-state index contributed by atoms with van der Waals surface area (Å²) in [6.07, 6.45) is 7.93. The number of nitrogen functional groups attached to an aromatic ring is 1. The molecule has 1 aliphatic rings. The molecule has 1 aromatic rings. The molecule has 1 atom stereocenters. The first-order valence-corrected chi connectivity index (χ1v) is 5.03. The Bertz CT molecular complexity index is 352. The Kier molecular flexibility index (Phi) is 1.65. The monoisotopic (exact) mass is 181 g/mol. The highest BCUT2D eigenvalue weighted by molar-refractivity contribution is 8.28. The molecule has 4 nitrogen and oxygen atoms in total. The van der Waals surface area contributed by atoms with Crippen molar-refractivity contribution in [2.24, 2.45) is 0 Å². The van der Waals surface area contributed by atoms with E-state index in [2.05, 4.69) is 26.8 Å². The number of hydrogen-bond acceptors (Lipinski definition) is 3. The van der Waals surface area contributed by atoms with Gasteiger partial charge in [0.25, 0.3) is 0 Å². The molecule has 1 radical (unpaired) electrons. The highest BCUT2D eigenvalue weighted by Crippen LogP contribution is 2.44. The Morgan fingerprint density at radius 2 is 2.42 bits per heavy atom. The third kappa shape index (κ3) is 1.12. The van der Waals surface area contributed by atoms with Crippen molar-refractivity contribution in [2.75, 3.05) is 5.73 Å². The van der Waals surface area contributed by atoms with Gasteiger partial charge >= 0.3 is 0 Å². The normalized spacial score (nSPS) is 24.4.